The maximum atomic E-state index is 6.38. The zero-order chi connectivity index (χ0) is 53.9. The Morgan fingerprint density at radius 3 is 1.61 bits per heavy atom. The Bertz CT molecular complexity index is 5100. The minimum Gasteiger partial charge on any atom is -0.330 e. The molecule has 0 aromatic heterocycles. The SMILES string of the molecule is Cc1ccc2c3c(cc4c5ccc(C6CS6)cc5c(-c5cccc(-c6ccc(-c7cc8c9ccc(-c%10ccccc%10)c%10c9c(cc8c8ccc(-c9ccccc9)cc78)-c7ccccc7-%10)cc6)c5)cc24)-c2cc(C4CC4)cc(CCN)c2-c13. The van der Waals surface area contributed by atoms with E-state index in [4.69, 9.17) is 5.73 Å². The molecule has 1 heterocycles. The zero-order valence-electron chi connectivity index (χ0n) is 45.6. The Morgan fingerprint density at radius 2 is 0.878 bits per heavy atom. The van der Waals surface area contributed by atoms with Crippen LogP contribution < -0.4 is 5.73 Å². The minimum atomic E-state index is 0.565. The number of aryl methyl sites for hydroxylation is 1. The maximum absolute atomic E-state index is 6.38. The Kier molecular flexibility index (Phi) is 10.1. The van der Waals surface area contributed by atoms with Crippen molar-refractivity contribution in [2.24, 2.45) is 5.73 Å². The van der Waals surface area contributed by atoms with Crippen LogP contribution in [0, 0.1) is 6.92 Å². The Labute approximate surface area is 481 Å². The van der Waals surface area contributed by atoms with Gasteiger partial charge in [-0.25, -0.2) is 0 Å². The van der Waals surface area contributed by atoms with Crippen LogP contribution in [0.5, 0.6) is 0 Å². The molecule has 1 saturated carbocycles. The molecule has 0 bridgehead atoms. The quantitative estimate of drug-likeness (QED) is 0.115. The van der Waals surface area contributed by atoms with Crippen molar-refractivity contribution in [1.29, 1.82) is 0 Å². The van der Waals surface area contributed by atoms with Crippen molar-refractivity contribution in [3.63, 3.8) is 0 Å². The van der Waals surface area contributed by atoms with Gasteiger partial charge in [0.15, 0.2) is 0 Å². The summed E-state index contributed by atoms with van der Waals surface area (Å²) in [7, 11) is 0. The molecule has 14 aromatic carbocycles. The van der Waals surface area contributed by atoms with Gasteiger partial charge in [0.1, 0.15) is 0 Å². The molecule has 2 fully saturated rings. The molecule has 1 unspecified atom stereocenters. The van der Waals surface area contributed by atoms with Crippen molar-refractivity contribution in [2.45, 2.75) is 37.4 Å². The van der Waals surface area contributed by atoms with Gasteiger partial charge in [0.05, 0.1) is 0 Å². The Morgan fingerprint density at radius 1 is 0.341 bits per heavy atom. The number of thioether (sulfide) groups is 1. The lowest BCUT2D eigenvalue weighted by atomic mass is 9.86. The van der Waals surface area contributed by atoms with Crippen LogP contribution in [-0.4, -0.2) is 12.3 Å². The normalized spacial score (nSPS) is 14.7. The molecule has 1 nitrogen and oxygen atoms in total. The van der Waals surface area contributed by atoms with Gasteiger partial charge in [-0.3, -0.25) is 0 Å². The predicted molar refractivity (Wildman–Crippen MR) is 352 cm³/mol. The largest absolute Gasteiger partial charge is 0.330 e. The Hall–Kier alpha value is -9.05. The van der Waals surface area contributed by atoms with Crippen LogP contribution in [0.1, 0.15) is 46.3 Å². The first-order valence-electron chi connectivity index (χ1n) is 29.4. The summed E-state index contributed by atoms with van der Waals surface area (Å²) < 4.78 is 0. The van der Waals surface area contributed by atoms with Gasteiger partial charge in [-0.2, -0.15) is 11.8 Å². The summed E-state index contributed by atoms with van der Waals surface area (Å²) in [5.41, 5.74) is 35.3. The van der Waals surface area contributed by atoms with E-state index < -0.39 is 0 Å². The molecule has 2 heteroatoms. The third-order valence-corrected chi connectivity index (χ3v) is 20.0. The molecule has 3 aliphatic carbocycles. The van der Waals surface area contributed by atoms with Crippen molar-refractivity contribution in [2.75, 3.05) is 12.3 Å². The number of fused-ring (bicyclic) bond motifs is 14. The lowest BCUT2D eigenvalue weighted by Crippen LogP contribution is -2.05. The first-order valence-corrected chi connectivity index (χ1v) is 30.4. The van der Waals surface area contributed by atoms with Crippen LogP contribution in [0.3, 0.4) is 0 Å². The van der Waals surface area contributed by atoms with E-state index in [1.54, 1.807) is 0 Å². The van der Waals surface area contributed by atoms with Gasteiger partial charge >= 0.3 is 0 Å². The summed E-state index contributed by atoms with van der Waals surface area (Å²) >= 11 is 2.05. The Balaban J connectivity index is 0.800. The highest BCUT2D eigenvalue weighted by molar-refractivity contribution is 8.06. The molecule has 1 saturated heterocycles. The van der Waals surface area contributed by atoms with E-state index >= 15 is 0 Å². The van der Waals surface area contributed by atoms with E-state index in [1.165, 1.54) is 206 Å². The molecule has 1 aliphatic heterocycles. The molecular weight excluding hydrogens is 1010 g/mol. The number of benzene rings is 14. The van der Waals surface area contributed by atoms with E-state index in [0.29, 0.717) is 17.7 Å². The number of hydrogen-bond donors (Lipinski definition) is 1. The summed E-state index contributed by atoms with van der Waals surface area (Å²) in [6.07, 6.45) is 3.46. The van der Waals surface area contributed by atoms with Crippen molar-refractivity contribution < 1.29 is 0 Å². The maximum Gasteiger partial charge on any atom is 0.0388 e. The second-order valence-corrected chi connectivity index (χ2v) is 25.0. The molecule has 4 aliphatic rings. The van der Waals surface area contributed by atoms with Crippen molar-refractivity contribution in [1.82, 2.24) is 0 Å². The summed E-state index contributed by atoms with van der Waals surface area (Å²) in [6, 6.07) is 88.7. The first kappa shape index (κ1) is 46.7. The lowest BCUT2D eigenvalue weighted by Gasteiger charge is -2.17. The number of nitrogens with two attached hydrogens (primary N) is 1. The van der Waals surface area contributed by atoms with Crippen LogP contribution in [0.25, 0.3) is 165 Å². The molecule has 2 N–H and O–H groups in total. The third kappa shape index (κ3) is 6.98. The standard InChI is InChI=1S/C80H55NS/c1-45-19-28-62-71-41-65(67-38-54(75-44-82-75)27-30-60(67)69(71)43-74-72-39-56(48-20-21-48)36-55(33-34-81)77(72)76(45)79(62)74)53-16-10-15-51(35-53)47-22-24-50(25-23-47)64-40-70-63-32-31-57(49-13-6-3-7-14-49)78-61-18-9-8-17-58(61)73(80(63)78)42-68(70)59-29-26-52(37-66(59)64)46-11-4-2-5-12-46/h2-19,22-32,35-43,48,75H,20-21,33-34,44,81H2,1H3. The van der Waals surface area contributed by atoms with Crippen LogP contribution in [-0.2, 0) is 6.42 Å². The van der Waals surface area contributed by atoms with Crippen LogP contribution in [0.15, 0.2) is 231 Å². The van der Waals surface area contributed by atoms with Gasteiger partial charge in [-0.1, -0.05) is 188 Å². The third-order valence-electron chi connectivity index (χ3n) is 19.0. The second kappa shape index (κ2) is 17.7. The second-order valence-electron chi connectivity index (χ2n) is 23.7. The molecule has 386 valence electrons. The van der Waals surface area contributed by atoms with Crippen LogP contribution >= 0.6 is 11.8 Å². The van der Waals surface area contributed by atoms with Crippen LogP contribution in [0.4, 0.5) is 0 Å². The molecule has 0 spiro atoms. The summed E-state index contributed by atoms with van der Waals surface area (Å²) in [4.78, 5) is 0. The van der Waals surface area contributed by atoms with Gasteiger partial charge in [0.2, 0.25) is 0 Å². The highest BCUT2D eigenvalue weighted by atomic mass is 32.2. The fraction of sp³-hybridized carbons (Fsp3) is 0.100. The average molecular weight is 1060 g/mol. The topological polar surface area (TPSA) is 26.0 Å². The molecule has 0 amide bonds. The summed E-state index contributed by atoms with van der Waals surface area (Å²) in [5.74, 6) is 1.86. The van der Waals surface area contributed by atoms with Gasteiger partial charge in [-0.05, 0) is 268 Å². The monoisotopic (exact) mass is 1060 g/mol. The minimum absolute atomic E-state index is 0.565. The summed E-state index contributed by atoms with van der Waals surface area (Å²) in [5, 5.41) is 16.4. The molecule has 1 atom stereocenters. The van der Waals surface area contributed by atoms with E-state index in [0.717, 1.165) is 6.42 Å². The van der Waals surface area contributed by atoms with Gasteiger partial charge in [0, 0.05) is 11.0 Å². The highest BCUT2D eigenvalue weighted by Crippen LogP contribution is 2.58. The predicted octanol–water partition coefficient (Wildman–Crippen LogP) is 21.7. The van der Waals surface area contributed by atoms with Gasteiger partial charge in [0.25, 0.3) is 0 Å². The van der Waals surface area contributed by atoms with Crippen molar-refractivity contribution in [3.05, 3.63) is 253 Å². The first-order chi connectivity index (χ1) is 40.5. The van der Waals surface area contributed by atoms with E-state index in [2.05, 4.69) is 237 Å². The highest BCUT2D eigenvalue weighted by Gasteiger charge is 2.33. The molecule has 82 heavy (non-hydrogen) atoms. The molecule has 18 rings (SSSR count). The molecule has 0 radical (unpaired) electrons. The number of rotatable bonds is 9. The van der Waals surface area contributed by atoms with E-state index in [-0.39, 0.29) is 0 Å². The fourth-order valence-corrected chi connectivity index (χ4v) is 15.5. The van der Waals surface area contributed by atoms with Crippen molar-refractivity contribution in [3.8, 4) is 100 Å². The van der Waals surface area contributed by atoms with E-state index in [9.17, 15) is 0 Å². The van der Waals surface area contributed by atoms with E-state index in [1.807, 2.05) is 11.8 Å². The lowest BCUT2D eigenvalue weighted by molar-refractivity contribution is 0.964. The fourth-order valence-electron chi connectivity index (χ4n) is 14.9. The number of hydrogen-bond acceptors (Lipinski definition) is 2. The van der Waals surface area contributed by atoms with Crippen LogP contribution in [0.2, 0.25) is 0 Å². The molecular formula is C80H55NS. The summed E-state index contributed by atoms with van der Waals surface area (Å²) in [6.45, 7) is 2.95. The average Bonchev–Trinajstić information content (AvgIpc) is 1.81. The zero-order valence-corrected chi connectivity index (χ0v) is 46.4. The van der Waals surface area contributed by atoms with Gasteiger partial charge < -0.3 is 5.73 Å². The van der Waals surface area contributed by atoms with Gasteiger partial charge in [-0.15, -0.1) is 0 Å². The smallest absolute Gasteiger partial charge is 0.0388 e. The molecule has 14 aromatic rings. The van der Waals surface area contributed by atoms with Crippen molar-refractivity contribution >= 4 is 76.4 Å².